The van der Waals surface area contributed by atoms with Crippen molar-refractivity contribution in [2.75, 3.05) is 13.7 Å². The molecule has 23 heavy (non-hydrogen) atoms. The SMILES string of the molecule is CCOC1CC(NC(=NC)NCc2ccccc2C)C12CCC2. The zero-order valence-electron chi connectivity index (χ0n) is 14.6. The van der Waals surface area contributed by atoms with Crippen molar-refractivity contribution in [3.05, 3.63) is 35.4 Å². The number of aryl methyl sites for hydroxylation is 1. The fraction of sp³-hybridized carbons (Fsp3) is 0.632. The highest BCUT2D eigenvalue weighted by atomic mass is 16.5. The highest BCUT2D eigenvalue weighted by molar-refractivity contribution is 5.80. The molecule has 2 saturated carbocycles. The third-order valence-corrected chi connectivity index (χ3v) is 5.68. The fourth-order valence-electron chi connectivity index (χ4n) is 3.99. The Balaban J connectivity index is 1.55. The van der Waals surface area contributed by atoms with Crippen molar-refractivity contribution < 1.29 is 4.74 Å². The maximum atomic E-state index is 5.93. The third kappa shape index (κ3) is 3.09. The summed E-state index contributed by atoms with van der Waals surface area (Å²) in [4.78, 5) is 4.40. The molecule has 126 valence electrons. The molecule has 3 rings (SSSR count). The van der Waals surface area contributed by atoms with Crippen LogP contribution in [0.4, 0.5) is 0 Å². The standard InChI is InChI=1S/C19H29N3O/c1-4-23-17-12-16(19(17)10-7-11-19)22-18(20-3)21-13-15-9-6-5-8-14(15)2/h5-6,8-9,16-17H,4,7,10-13H2,1-3H3,(H2,20,21,22). The highest BCUT2D eigenvalue weighted by Crippen LogP contribution is 2.57. The second-order valence-electron chi connectivity index (χ2n) is 6.82. The van der Waals surface area contributed by atoms with Crippen LogP contribution in [-0.2, 0) is 11.3 Å². The van der Waals surface area contributed by atoms with Gasteiger partial charge in [-0.1, -0.05) is 30.7 Å². The highest BCUT2D eigenvalue weighted by Gasteiger charge is 2.59. The molecule has 2 aliphatic carbocycles. The van der Waals surface area contributed by atoms with Crippen LogP contribution in [-0.4, -0.2) is 31.8 Å². The first kappa shape index (κ1) is 16.3. The number of aliphatic imine (C=N–C) groups is 1. The zero-order valence-corrected chi connectivity index (χ0v) is 14.6. The average molecular weight is 315 g/mol. The van der Waals surface area contributed by atoms with Crippen molar-refractivity contribution in [2.45, 2.75) is 58.2 Å². The number of nitrogens with one attached hydrogen (secondary N) is 2. The molecule has 4 heteroatoms. The molecule has 1 spiro atoms. The molecule has 0 aliphatic heterocycles. The smallest absolute Gasteiger partial charge is 0.191 e. The van der Waals surface area contributed by atoms with Crippen molar-refractivity contribution in [3.8, 4) is 0 Å². The third-order valence-electron chi connectivity index (χ3n) is 5.68. The van der Waals surface area contributed by atoms with E-state index in [0.29, 0.717) is 17.6 Å². The Kier molecular flexibility index (Phi) is 4.90. The normalized spacial score (nSPS) is 25.6. The van der Waals surface area contributed by atoms with Crippen molar-refractivity contribution in [3.63, 3.8) is 0 Å². The van der Waals surface area contributed by atoms with Gasteiger partial charge in [-0.25, -0.2) is 0 Å². The Hall–Kier alpha value is -1.55. The number of nitrogens with zero attached hydrogens (tertiary/aromatic N) is 1. The van der Waals surface area contributed by atoms with Crippen molar-refractivity contribution in [1.82, 2.24) is 10.6 Å². The zero-order chi connectivity index (χ0) is 16.3. The van der Waals surface area contributed by atoms with Crippen LogP contribution < -0.4 is 10.6 Å². The number of hydrogen-bond donors (Lipinski definition) is 2. The minimum absolute atomic E-state index is 0.357. The van der Waals surface area contributed by atoms with Crippen LogP contribution in [0.3, 0.4) is 0 Å². The molecule has 2 fully saturated rings. The maximum Gasteiger partial charge on any atom is 0.191 e. The molecule has 4 nitrogen and oxygen atoms in total. The fourth-order valence-corrected chi connectivity index (χ4v) is 3.99. The molecule has 2 N–H and O–H groups in total. The van der Waals surface area contributed by atoms with Gasteiger partial charge < -0.3 is 15.4 Å². The summed E-state index contributed by atoms with van der Waals surface area (Å²) in [5.74, 6) is 0.902. The van der Waals surface area contributed by atoms with E-state index in [1.807, 2.05) is 7.05 Å². The lowest BCUT2D eigenvalue weighted by Gasteiger charge is -2.61. The minimum atomic E-state index is 0.357. The first-order valence-corrected chi connectivity index (χ1v) is 8.83. The van der Waals surface area contributed by atoms with Crippen molar-refractivity contribution in [2.24, 2.45) is 10.4 Å². The quantitative estimate of drug-likeness (QED) is 0.648. The molecule has 2 atom stereocenters. The molecule has 0 saturated heterocycles. The summed E-state index contributed by atoms with van der Waals surface area (Å²) in [5.41, 5.74) is 2.98. The Bertz CT molecular complexity index is 565. The van der Waals surface area contributed by atoms with Gasteiger partial charge in [0.1, 0.15) is 0 Å². The molecule has 0 amide bonds. The first-order chi connectivity index (χ1) is 11.2. The van der Waals surface area contributed by atoms with Gasteiger partial charge in [-0.15, -0.1) is 0 Å². The lowest BCUT2D eigenvalue weighted by molar-refractivity contribution is -0.168. The second kappa shape index (κ2) is 6.91. The maximum absolute atomic E-state index is 5.93. The van der Waals surface area contributed by atoms with Crippen molar-refractivity contribution in [1.29, 1.82) is 0 Å². The largest absolute Gasteiger partial charge is 0.378 e. The topological polar surface area (TPSA) is 45.6 Å². The number of guanidine groups is 1. The van der Waals surface area contributed by atoms with E-state index in [2.05, 4.69) is 53.7 Å². The lowest BCUT2D eigenvalue weighted by atomic mass is 9.51. The van der Waals surface area contributed by atoms with E-state index < -0.39 is 0 Å². The van der Waals surface area contributed by atoms with Crippen LogP contribution in [0.1, 0.15) is 43.7 Å². The van der Waals surface area contributed by atoms with Crippen LogP contribution in [0.2, 0.25) is 0 Å². The van der Waals surface area contributed by atoms with Gasteiger partial charge in [0, 0.05) is 31.7 Å². The monoisotopic (exact) mass is 315 g/mol. The predicted molar refractivity (Wildman–Crippen MR) is 94.6 cm³/mol. The summed E-state index contributed by atoms with van der Waals surface area (Å²) in [7, 11) is 1.85. The summed E-state index contributed by atoms with van der Waals surface area (Å²) in [6.07, 6.45) is 5.43. The predicted octanol–water partition coefficient (Wildman–Crippen LogP) is 3.01. The molecule has 0 aromatic heterocycles. The van der Waals surface area contributed by atoms with Gasteiger partial charge in [0.25, 0.3) is 0 Å². The molecule has 1 aromatic rings. The average Bonchev–Trinajstić information content (AvgIpc) is 2.49. The van der Waals surface area contributed by atoms with E-state index in [9.17, 15) is 0 Å². The van der Waals surface area contributed by atoms with E-state index >= 15 is 0 Å². The summed E-state index contributed by atoms with van der Waals surface area (Å²) < 4.78 is 5.93. The Labute approximate surface area is 139 Å². The molecular weight excluding hydrogens is 286 g/mol. The van der Waals surface area contributed by atoms with Gasteiger partial charge in [-0.3, -0.25) is 4.99 Å². The first-order valence-electron chi connectivity index (χ1n) is 8.83. The number of hydrogen-bond acceptors (Lipinski definition) is 2. The van der Waals surface area contributed by atoms with Gasteiger partial charge >= 0.3 is 0 Å². The van der Waals surface area contributed by atoms with Gasteiger partial charge in [-0.05, 0) is 44.2 Å². The van der Waals surface area contributed by atoms with Gasteiger partial charge in [-0.2, -0.15) is 0 Å². The van der Waals surface area contributed by atoms with Crippen LogP contribution in [0, 0.1) is 12.3 Å². The van der Waals surface area contributed by atoms with Crippen LogP contribution in [0.15, 0.2) is 29.3 Å². The molecule has 0 bridgehead atoms. The van der Waals surface area contributed by atoms with Crippen LogP contribution >= 0.6 is 0 Å². The molecule has 2 unspecified atom stereocenters. The van der Waals surface area contributed by atoms with E-state index in [-0.39, 0.29) is 0 Å². The number of ether oxygens (including phenoxy) is 1. The molecule has 0 heterocycles. The minimum Gasteiger partial charge on any atom is -0.378 e. The number of benzene rings is 1. The Morgan fingerprint density at radius 1 is 1.35 bits per heavy atom. The van der Waals surface area contributed by atoms with Gasteiger partial charge in [0.2, 0.25) is 0 Å². The van der Waals surface area contributed by atoms with E-state index in [0.717, 1.165) is 25.5 Å². The van der Waals surface area contributed by atoms with Gasteiger partial charge in [0.15, 0.2) is 5.96 Å². The molecule has 0 radical (unpaired) electrons. The second-order valence-corrected chi connectivity index (χ2v) is 6.82. The molecular formula is C19H29N3O. The summed E-state index contributed by atoms with van der Waals surface area (Å²) in [6.45, 7) is 5.87. The summed E-state index contributed by atoms with van der Waals surface area (Å²) >= 11 is 0. The van der Waals surface area contributed by atoms with E-state index in [4.69, 9.17) is 4.74 Å². The molecule has 1 aromatic carbocycles. The van der Waals surface area contributed by atoms with Crippen molar-refractivity contribution >= 4 is 5.96 Å². The lowest BCUT2D eigenvalue weighted by Crippen LogP contribution is -2.68. The number of rotatable bonds is 5. The van der Waals surface area contributed by atoms with E-state index in [1.54, 1.807) is 0 Å². The van der Waals surface area contributed by atoms with Crippen LogP contribution in [0.25, 0.3) is 0 Å². The summed E-state index contributed by atoms with van der Waals surface area (Å²) in [6, 6.07) is 8.97. The van der Waals surface area contributed by atoms with Gasteiger partial charge in [0.05, 0.1) is 6.10 Å². The Morgan fingerprint density at radius 3 is 2.74 bits per heavy atom. The summed E-state index contributed by atoms with van der Waals surface area (Å²) in [5, 5.41) is 7.09. The molecule has 2 aliphatic rings. The van der Waals surface area contributed by atoms with E-state index in [1.165, 1.54) is 30.4 Å². The Morgan fingerprint density at radius 2 is 2.13 bits per heavy atom. The van der Waals surface area contributed by atoms with Crippen LogP contribution in [0.5, 0.6) is 0 Å².